The van der Waals surface area contributed by atoms with Crippen LogP contribution in [0.4, 0.5) is 5.69 Å². The first-order valence-electron chi connectivity index (χ1n) is 7.71. The predicted molar refractivity (Wildman–Crippen MR) is 98.4 cm³/mol. The van der Waals surface area contributed by atoms with Crippen molar-refractivity contribution < 1.29 is 14.7 Å². The second kappa shape index (κ2) is 7.48. The molecule has 1 atom stereocenters. The first-order valence-corrected chi connectivity index (χ1v) is 8.51. The molecule has 2 aromatic rings. The molecule has 1 aliphatic rings. The Morgan fingerprint density at radius 3 is 2.68 bits per heavy atom. The zero-order chi connectivity index (χ0) is 17.8. The molecule has 1 saturated heterocycles. The fourth-order valence-electron chi connectivity index (χ4n) is 2.61. The van der Waals surface area contributed by atoms with Crippen LogP contribution in [0.15, 0.2) is 58.1 Å². The lowest BCUT2D eigenvalue weighted by Gasteiger charge is -2.16. The zero-order valence-electron chi connectivity index (χ0n) is 13.2. The summed E-state index contributed by atoms with van der Waals surface area (Å²) in [6.45, 7) is 0.318. The van der Waals surface area contributed by atoms with Crippen molar-refractivity contribution in [2.75, 3.05) is 11.4 Å². The van der Waals surface area contributed by atoms with Gasteiger partial charge in [-0.15, -0.1) is 0 Å². The predicted octanol–water partition coefficient (Wildman–Crippen LogP) is 2.66. The van der Waals surface area contributed by atoms with Gasteiger partial charge in [0.2, 0.25) is 11.8 Å². The van der Waals surface area contributed by atoms with Gasteiger partial charge in [0.15, 0.2) is 0 Å². The molecule has 0 saturated carbocycles. The van der Waals surface area contributed by atoms with E-state index in [1.807, 2.05) is 24.3 Å². The van der Waals surface area contributed by atoms with Crippen LogP contribution in [0.3, 0.4) is 0 Å². The number of phenols is 1. The Labute approximate surface area is 153 Å². The minimum atomic E-state index is -0.460. The molecule has 0 bridgehead atoms. The van der Waals surface area contributed by atoms with E-state index in [9.17, 15) is 14.7 Å². The molecule has 2 N–H and O–H groups in total. The lowest BCUT2D eigenvalue weighted by Crippen LogP contribution is -2.30. The molecule has 1 unspecified atom stereocenters. The van der Waals surface area contributed by atoms with Gasteiger partial charge in [-0.2, -0.15) is 5.10 Å². The van der Waals surface area contributed by atoms with Crippen molar-refractivity contribution in [3.8, 4) is 5.75 Å². The lowest BCUT2D eigenvalue weighted by molar-refractivity contribution is -0.126. The minimum Gasteiger partial charge on any atom is -0.507 e. The number of rotatable bonds is 4. The van der Waals surface area contributed by atoms with Gasteiger partial charge in [0, 0.05) is 28.7 Å². The molecule has 6 nitrogen and oxygen atoms in total. The van der Waals surface area contributed by atoms with E-state index in [2.05, 4.69) is 26.5 Å². The number of nitrogens with zero attached hydrogens (tertiary/aromatic N) is 2. The molecular weight excluding hydrogens is 386 g/mol. The maximum atomic E-state index is 12.2. The first-order chi connectivity index (χ1) is 12.0. The van der Waals surface area contributed by atoms with Gasteiger partial charge in [-0.1, -0.05) is 28.1 Å². The van der Waals surface area contributed by atoms with Crippen molar-refractivity contribution in [3.63, 3.8) is 0 Å². The van der Waals surface area contributed by atoms with Gasteiger partial charge in [-0.05, 0) is 36.4 Å². The molecule has 7 heteroatoms. The maximum Gasteiger partial charge on any atom is 0.245 e. The minimum absolute atomic E-state index is 0.0814. The van der Waals surface area contributed by atoms with E-state index in [0.717, 1.165) is 10.2 Å². The highest BCUT2D eigenvalue weighted by Gasteiger charge is 2.35. The number of carbonyl (C=O) groups is 2. The van der Waals surface area contributed by atoms with Crippen molar-refractivity contribution in [1.82, 2.24) is 5.43 Å². The van der Waals surface area contributed by atoms with Crippen LogP contribution in [0.2, 0.25) is 0 Å². The number of phenolic OH excluding ortho intramolecular Hbond substituents is 1. The molecule has 0 radical (unpaired) electrons. The Balaban J connectivity index is 1.61. The summed E-state index contributed by atoms with van der Waals surface area (Å²) < 4.78 is 0.927. The van der Waals surface area contributed by atoms with Crippen molar-refractivity contribution in [3.05, 3.63) is 58.6 Å². The number of amides is 2. The molecular formula is C18H16BrN3O3. The second-order valence-electron chi connectivity index (χ2n) is 5.67. The molecule has 25 heavy (non-hydrogen) atoms. The third-order valence-electron chi connectivity index (χ3n) is 3.95. The van der Waals surface area contributed by atoms with Crippen LogP contribution >= 0.6 is 15.9 Å². The number of nitrogens with one attached hydrogen (secondary N) is 1. The number of hydrogen-bond acceptors (Lipinski definition) is 4. The van der Waals surface area contributed by atoms with Crippen LogP contribution in [0.1, 0.15) is 12.0 Å². The Hall–Kier alpha value is -2.67. The maximum absolute atomic E-state index is 12.2. The van der Waals surface area contributed by atoms with Crippen LogP contribution < -0.4 is 10.3 Å². The van der Waals surface area contributed by atoms with E-state index < -0.39 is 5.92 Å². The second-order valence-corrected chi connectivity index (χ2v) is 6.59. The van der Waals surface area contributed by atoms with E-state index >= 15 is 0 Å². The summed E-state index contributed by atoms with van der Waals surface area (Å²) >= 11 is 3.36. The van der Waals surface area contributed by atoms with Crippen LogP contribution in [0.25, 0.3) is 0 Å². The fourth-order valence-corrected chi connectivity index (χ4v) is 2.87. The highest BCUT2D eigenvalue weighted by Crippen LogP contribution is 2.26. The summed E-state index contributed by atoms with van der Waals surface area (Å²) in [7, 11) is 0. The summed E-state index contributed by atoms with van der Waals surface area (Å²) in [6, 6.07) is 14.0. The Morgan fingerprint density at radius 2 is 1.96 bits per heavy atom. The monoisotopic (exact) mass is 401 g/mol. The van der Waals surface area contributed by atoms with Crippen LogP contribution in [-0.4, -0.2) is 29.7 Å². The number of benzene rings is 2. The van der Waals surface area contributed by atoms with E-state index in [1.54, 1.807) is 23.1 Å². The summed E-state index contributed by atoms with van der Waals surface area (Å²) in [4.78, 5) is 26.0. The van der Waals surface area contributed by atoms with Crippen molar-refractivity contribution in [2.24, 2.45) is 11.0 Å². The molecule has 128 valence electrons. The molecule has 0 aliphatic carbocycles. The fraction of sp³-hybridized carbons (Fsp3) is 0.167. The normalized spacial score (nSPS) is 17.2. The molecule has 0 spiro atoms. The van der Waals surface area contributed by atoms with Crippen LogP contribution in [0.5, 0.6) is 5.75 Å². The largest absolute Gasteiger partial charge is 0.507 e. The Morgan fingerprint density at radius 1 is 1.24 bits per heavy atom. The topological polar surface area (TPSA) is 82.0 Å². The number of aromatic hydroxyl groups is 1. The summed E-state index contributed by atoms with van der Waals surface area (Å²) in [6.07, 6.45) is 1.52. The molecule has 1 heterocycles. The van der Waals surface area contributed by atoms with E-state index in [1.165, 1.54) is 12.3 Å². The summed E-state index contributed by atoms with van der Waals surface area (Å²) in [5.74, 6) is -0.789. The molecule has 3 rings (SSSR count). The highest BCUT2D eigenvalue weighted by molar-refractivity contribution is 9.10. The summed E-state index contributed by atoms with van der Waals surface area (Å²) in [5, 5.41) is 13.5. The van der Waals surface area contributed by atoms with Crippen molar-refractivity contribution >= 4 is 39.6 Å². The molecule has 2 aromatic carbocycles. The van der Waals surface area contributed by atoms with Gasteiger partial charge in [0.25, 0.3) is 0 Å². The van der Waals surface area contributed by atoms with E-state index in [0.29, 0.717) is 12.1 Å². The van der Waals surface area contributed by atoms with Crippen LogP contribution in [0, 0.1) is 5.92 Å². The average molecular weight is 402 g/mol. The number of halogens is 1. The number of anilines is 1. The molecule has 1 aliphatic heterocycles. The zero-order valence-corrected chi connectivity index (χ0v) is 14.8. The molecule has 2 amide bonds. The third-order valence-corrected chi connectivity index (χ3v) is 4.48. The SMILES string of the molecule is O=C(NN=Cc1ccccc1O)C1CC(=O)N(c2ccc(Br)cc2)C1. The van der Waals surface area contributed by atoms with Gasteiger partial charge < -0.3 is 10.0 Å². The molecule has 0 aromatic heterocycles. The van der Waals surface area contributed by atoms with Crippen LogP contribution in [-0.2, 0) is 9.59 Å². The number of hydrogen-bond donors (Lipinski definition) is 2. The smallest absolute Gasteiger partial charge is 0.245 e. The molecule has 1 fully saturated rings. The van der Waals surface area contributed by atoms with Gasteiger partial charge in [0.05, 0.1) is 12.1 Å². The highest BCUT2D eigenvalue weighted by atomic mass is 79.9. The summed E-state index contributed by atoms with van der Waals surface area (Å²) in [5.41, 5.74) is 3.70. The number of para-hydroxylation sites is 1. The quantitative estimate of drug-likeness (QED) is 0.610. The van der Waals surface area contributed by atoms with Crippen molar-refractivity contribution in [1.29, 1.82) is 0 Å². The average Bonchev–Trinajstić information content (AvgIpc) is 2.99. The Bertz CT molecular complexity index is 821. The number of carbonyl (C=O) groups excluding carboxylic acids is 2. The Kier molecular flexibility index (Phi) is 5.14. The van der Waals surface area contributed by atoms with Crippen molar-refractivity contribution in [2.45, 2.75) is 6.42 Å². The third kappa shape index (κ3) is 4.06. The lowest BCUT2D eigenvalue weighted by atomic mass is 10.1. The standard InChI is InChI=1S/C18H16BrN3O3/c19-14-5-7-15(8-6-14)22-11-13(9-17(22)24)18(25)21-20-10-12-3-1-2-4-16(12)23/h1-8,10,13,23H,9,11H2,(H,21,25). The van der Waals surface area contributed by atoms with Gasteiger partial charge >= 0.3 is 0 Å². The first kappa shape index (κ1) is 17.2. The number of hydrazone groups is 1. The van der Waals surface area contributed by atoms with Gasteiger partial charge in [0.1, 0.15) is 5.75 Å². The van der Waals surface area contributed by atoms with Gasteiger partial charge in [-0.3, -0.25) is 9.59 Å². The van der Waals surface area contributed by atoms with E-state index in [4.69, 9.17) is 0 Å². The van der Waals surface area contributed by atoms with Gasteiger partial charge in [-0.25, -0.2) is 5.43 Å². The van der Waals surface area contributed by atoms with E-state index in [-0.39, 0.29) is 24.0 Å².